The molecule has 2 nitrogen and oxygen atoms in total. The number of benzene rings is 2. The quantitative estimate of drug-likeness (QED) is 0.602. The number of aryl methyl sites for hydroxylation is 1. The summed E-state index contributed by atoms with van der Waals surface area (Å²) in [6.45, 7) is 2.03. The molecule has 0 fully saturated rings. The molecule has 3 rings (SSSR count). The van der Waals surface area contributed by atoms with Gasteiger partial charge in [0.1, 0.15) is 11.3 Å². The molecule has 21 heavy (non-hydrogen) atoms. The largest absolute Gasteiger partial charge is 1.00 e. The Hall–Kier alpha value is -1.10. The van der Waals surface area contributed by atoms with Crippen LogP contribution in [-0.2, 0) is 0 Å². The maximum Gasteiger partial charge on any atom is 0.364 e. The summed E-state index contributed by atoms with van der Waals surface area (Å²) in [7, 11) is 0. The lowest BCUT2D eigenvalue weighted by molar-refractivity contribution is -0.00000528. The van der Waals surface area contributed by atoms with Crippen molar-refractivity contribution in [3.05, 3.63) is 57.0 Å². The van der Waals surface area contributed by atoms with Gasteiger partial charge in [0.05, 0.1) is 5.39 Å². The van der Waals surface area contributed by atoms with Crippen LogP contribution in [0.2, 0.25) is 0 Å². The molecular formula is C16H11Br2ClO2. The molecule has 108 valence electrons. The van der Waals surface area contributed by atoms with E-state index in [0.29, 0.717) is 11.3 Å². The standard InChI is InChI=1S/C16H10Br2O2.ClH/c1-9-6-16(13-8-10(17)2-4-14(13)19)20-15-5-3-11(18)7-12(9)15;/h2-8H,1H3;1H. The van der Waals surface area contributed by atoms with E-state index in [0.717, 1.165) is 25.5 Å². The number of phenols is 1. The zero-order valence-electron chi connectivity index (χ0n) is 11.0. The SMILES string of the molecule is Cc1cc(-c2cc(Br)ccc2O)[o+]c2ccc(Br)cc12.[Cl-]. The maximum absolute atomic E-state index is 10.0. The minimum atomic E-state index is 0. The van der Waals surface area contributed by atoms with E-state index >= 15 is 0 Å². The van der Waals surface area contributed by atoms with Gasteiger partial charge in [-0.1, -0.05) is 31.9 Å². The molecule has 3 aromatic rings. The van der Waals surface area contributed by atoms with E-state index in [-0.39, 0.29) is 18.2 Å². The summed E-state index contributed by atoms with van der Waals surface area (Å²) in [5, 5.41) is 11.1. The third-order valence-electron chi connectivity index (χ3n) is 3.16. The van der Waals surface area contributed by atoms with Crippen LogP contribution in [0.1, 0.15) is 5.56 Å². The summed E-state index contributed by atoms with van der Waals surface area (Å²) in [4.78, 5) is 0. The second-order valence-electron chi connectivity index (χ2n) is 4.60. The van der Waals surface area contributed by atoms with E-state index in [1.807, 2.05) is 37.3 Å². The number of fused-ring (bicyclic) bond motifs is 1. The summed E-state index contributed by atoms with van der Waals surface area (Å²) in [6.07, 6.45) is 0. The highest BCUT2D eigenvalue weighted by Gasteiger charge is 2.20. The highest BCUT2D eigenvalue weighted by Crippen LogP contribution is 2.35. The monoisotopic (exact) mass is 428 g/mol. The Morgan fingerprint density at radius 1 is 0.952 bits per heavy atom. The molecule has 0 bridgehead atoms. The fourth-order valence-corrected chi connectivity index (χ4v) is 2.88. The lowest BCUT2D eigenvalue weighted by Crippen LogP contribution is -3.00. The minimum absolute atomic E-state index is 0. The molecule has 1 heterocycles. The molecule has 0 saturated carbocycles. The Morgan fingerprint density at radius 2 is 1.62 bits per heavy atom. The van der Waals surface area contributed by atoms with Crippen LogP contribution >= 0.6 is 31.9 Å². The molecule has 0 amide bonds. The van der Waals surface area contributed by atoms with Crippen molar-refractivity contribution in [1.29, 1.82) is 0 Å². The van der Waals surface area contributed by atoms with E-state index in [4.69, 9.17) is 4.42 Å². The molecule has 0 atom stereocenters. The van der Waals surface area contributed by atoms with E-state index in [9.17, 15) is 5.11 Å². The van der Waals surface area contributed by atoms with E-state index in [2.05, 4.69) is 31.9 Å². The molecule has 5 heteroatoms. The van der Waals surface area contributed by atoms with E-state index in [1.54, 1.807) is 12.1 Å². The number of aromatic hydroxyl groups is 1. The van der Waals surface area contributed by atoms with Crippen LogP contribution in [0.5, 0.6) is 5.75 Å². The minimum Gasteiger partial charge on any atom is -1.00 e. The Bertz CT molecular complexity index is 819. The van der Waals surface area contributed by atoms with Gasteiger partial charge in [0.25, 0.3) is 0 Å². The summed E-state index contributed by atoms with van der Waals surface area (Å²) < 4.78 is 7.83. The molecule has 0 aliphatic carbocycles. The third kappa shape index (κ3) is 3.23. The maximum atomic E-state index is 10.0. The van der Waals surface area contributed by atoms with Crippen molar-refractivity contribution in [1.82, 2.24) is 0 Å². The Kier molecular flexibility index (Phi) is 4.91. The summed E-state index contributed by atoms with van der Waals surface area (Å²) in [5.74, 6) is 0.851. The van der Waals surface area contributed by atoms with Gasteiger partial charge in [0, 0.05) is 21.1 Å². The highest BCUT2D eigenvalue weighted by molar-refractivity contribution is 9.10. The van der Waals surface area contributed by atoms with Gasteiger partial charge in [0.15, 0.2) is 0 Å². The van der Waals surface area contributed by atoms with Crippen LogP contribution in [-0.4, -0.2) is 5.11 Å². The Labute approximate surface area is 145 Å². The molecule has 0 saturated heterocycles. The average Bonchev–Trinajstić information content (AvgIpc) is 2.42. The van der Waals surface area contributed by atoms with Crippen LogP contribution in [0, 0.1) is 6.92 Å². The van der Waals surface area contributed by atoms with Crippen molar-refractivity contribution >= 4 is 42.8 Å². The zero-order valence-corrected chi connectivity index (χ0v) is 15.0. The first kappa shape index (κ1) is 16.3. The van der Waals surface area contributed by atoms with Gasteiger partial charge in [-0.25, -0.2) is 4.42 Å². The van der Waals surface area contributed by atoms with Crippen molar-refractivity contribution in [3.8, 4) is 17.1 Å². The Balaban J connectivity index is 0.00000161. The molecule has 1 aromatic heterocycles. The predicted molar refractivity (Wildman–Crippen MR) is 87.9 cm³/mol. The number of halogens is 3. The molecule has 0 unspecified atom stereocenters. The lowest BCUT2D eigenvalue weighted by atomic mass is 10.1. The fraction of sp³-hybridized carbons (Fsp3) is 0.0625. The highest BCUT2D eigenvalue weighted by atomic mass is 79.9. The molecule has 0 aliphatic rings. The van der Waals surface area contributed by atoms with E-state index in [1.165, 1.54) is 0 Å². The van der Waals surface area contributed by atoms with Gasteiger partial charge in [-0.15, -0.1) is 0 Å². The van der Waals surface area contributed by atoms with Crippen LogP contribution in [0.25, 0.3) is 22.3 Å². The smallest absolute Gasteiger partial charge is 0.364 e. The topological polar surface area (TPSA) is 31.5 Å². The number of hydrogen-bond acceptors (Lipinski definition) is 1. The van der Waals surface area contributed by atoms with E-state index < -0.39 is 0 Å². The molecule has 1 N–H and O–H groups in total. The average molecular weight is 431 g/mol. The van der Waals surface area contributed by atoms with Crippen molar-refractivity contribution in [2.24, 2.45) is 0 Å². The van der Waals surface area contributed by atoms with Crippen molar-refractivity contribution in [3.63, 3.8) is 0 Å². The molecule has 0 radical (unpaired) electrons. The van der Waals surface area contributed by atoms with Gasteiger partial charge in [0.2, 0.25) is 0 Å². The van der Waals surface area contributed by atoms with Crippen molar-refractivity contribution in [2.45, 2.75) is 6.92 Å². The van der Waals surface area contributed by atoms with Gasteiger partial charge in [-0.05, 0) is 42.8 Å². The van der Waals surface area contributed by atoms with Crippen LogP contribution in [0.4, 0.5) is 0 Å². The fourth-order valence-electron chi connectivity index (χ4n) is 2.16. The molecule has 0 aliphatic heterocycles. The summed E-state index contributed by atoms with van der Waals surface area (Å²) >= 11 is 6.88. The van der Waals surface area contributed by atoms with Crippen molar-refractivity contribution in [2.75, 3.05) is 0 Å². The second kappa shape index (κ2) is 6.34. The van der Waals surface area contributed by atoms with Crippen LogP contribution < -0.4 is 12.4 Å². The lowest BCUT2D eigenvalue weighted by Gasteiger charge is -2.01. The van der Waals surface area contributed by atoms with Crippen LogP contribution in [0.15, 0.2) is 55.8 Å². The number of phenolic OH excluding ortho intramolecular Hbond substituents is 1. The first-order chi connectivity index (χ1) is 9.54. The molecule has 0 spiro atoms. The summed E-state index contributed by atoms with van der Waals surface area (Å²) in [5.41, 5.74) is 2.57. The zero-order chi connectivity index (χ0) is 14.3. The first-order valence-electron chi connectivity index (χ1n) is 6.06. The third-order valence-corrected chi connectivity index (χ3v) is 4.14. The predicted octanol–water partition coefficient (Wildman–Crippen LogP) is 2.92. The van der Waals surface area contributed by atoms with Gasteiger partial charge in [-0.3, -0.25) is 0 Å². The van der Waals surface area contributed by atoms with Crippen LogP contribution in [0.3, 0.4) is 0 Å². The van der Waals surface area contributed by atoms with Crippen molar-refractivity contribution < 1.29 is 21.9 Å². The second-order valence-corrected chi connectivity index (χ2v) is 6.43. The summed E-state index contributed by atoms with van der Waals surface area (Å²) in [6, 6.07) is 13.1. The van der Waals surface area contributed by atoms with Gasteiger partial charge >= 0.3 is 11.3 Å². The molecule has 2 aromatic carbocycles. The van der Waals surface area contributed by atoms with Gasteiger partial charge < -0.3 is 17.5 Å². The first-order valence-corrected chi connectivity index (χ1v) is 7.65. The molecular weight excluding hydrogens is 419 g/mol. The van der Waals surface area contributed by atoms with Gasteiger partial charge in [-0.2, -0.15) is 0 Å². The number of rotatable bonds is 1. The Morgan fingerprint density at radius 3 is 2.38 bits per heavy atom. The normalized spacial score (nSPS) is 10.4. The number of hydrogen-bond donors (Lipinski definition) is 1.